The van der Waals surface area contributed by atoms with Crippen molar-refractivity contribution in [3.63, 3.8) is 0 Å². The Morgan fingerprint density at radius 3 is 2.65 bits per heavy atom. The third-order valence-corrected chi connectivity index (χ3v) is 6.50. The van der Waals surface area contributed by atoms with Crippen molar-refractivity contribution in [3.8, 4) is 5.75 Å². The van der Waals surface area contributed by atoms with Gasteiger partial charge in [-0.25, -0.2) is 13.6 Å². The number of hydrogen-bond donors (Lipinski definition) is 2. The molecule has 0 spiro atoms. The molecule has 166 valence electrons. The third-order valence-electron chi connectivity index (χ3n) is 6.50. The van der Waals surface area contributed by atoms with Gasteiger partial charge < -0.3 is 24.6 Å². The molecule has 1 aromatic carbocycles. The van der Waals surface area contributed by atoms with E-state index in [9.17, 15) is 19.1 Å². The largest absolute Gasteiger partial charge is 0.492 e. The van der Waals surface area contributed by atoms with Crippen LogP contribution >= 0.6 is 0 Å². The second-order valence-corrected chi connectivity index (χ2v) is 8.82. The van der Waals surface area contributed by atoms with Gasteiger partial charge in [-0.1, -0.05) is 0 Å². The zero-order chi connectivity index (χ0) is 21.9. The first-order valence-corrected chi connectivity index (χ1v) is 10.7. The lowest BCUT2D eigenvalue weighted by Crippen LogP contribution is -2.30. The predicted octanol–water partition coefficient (Wildman–Crippen LogP) is 2.71. The third kappa shape index (κ3) is 3.54. The highest BCUT2D eigenvalue weighted by molar-refractivity contribution is 5.97. The summed E-state index contributed by atoms with van der Waals surface area (Å²) >= 11 is 0. The molecule has 2 aromatic rings. The number of nitrogens with one attached hydrogen (secondary N) is 1. The Labute approximate surface area is 177 Å². The summed E-state index contributed by atoms with van der Waals surface area (Å²) in [4.78, 5) is 26.0. The molecule has 31 heavy (non-hydrogen) atoms. The number of rotatable bonds is 7. The van der Waals surface area contributed by atoms with E-state index in [-0.39, 0.29) is 35.3 Å². The maximum Gasteiger partial charge on any atom is 0.341 e. The van der Waals surface area contributed by atoms with Crippen LogP contribution in [0.5, 0.6) is 5.75 Å². The lowest BCUT2D eigenvalue weighted by Gasteiger charge is -2.24. The summed E-state index contributed by atoms with van der Waals surface area (Å²) in [5.41, 5.74) is -0.654. The van der Waals surface area contributed by atoms with Crippen LogP contribution in [0.25, 0.3) is 10.9 Å². The lowest BCUT2D eigenvalue weighted by atomic mass is 10.1. The molecule has 2 heterocycles. The summed E-state index contributed by atoms with van der Waals surface area (Å²) in [5.74, 6) is -2.18. The number of halogens is 2. The zero-order valence-electron chi connectivity index (χ0n) is 17.2. The summed E-state index contributed by atoms with van der Waals surface area (Å²) in [6, 6.07) is 1.56. The number of anilines is 1. The number of ether oxygens (including phenoxy) is 1. The van der Waals surface area contributed by atoms with Gasteiger partial charge in [-0.15, -0.1) is 0 Å². The number of carbonyl (C=O) groups is 1. The van der Waals surface area contributed by atoms with Crippen LogP contribution in [0.2, 0.25) is 0 Å². The van der Waals surface area contributed by atoms with Crippen molar-refractivity contribution in [2.45, 2.75) is 43.9 Å². The molecule has 5 rings (SSSR count). The molecule has 3 aliphatic rings. The lowest BCUT2D eigenvalue weighted by molar-refractivity contribution is 0.0694. The molecule has 7 nitrogen and oxygen atoms in total. The fourth-order valence-corrected chi connectivity index (χ4v) is 4.54. The SMILES string of the molecule is COc1c(N2C[C@H](CNC3CC3)[C@H](F)C2)c(F)cc2c(=O)c(C(=O)O)cn(C3CC3)c12. The maximum atomic E-state index is 15.3. The smallest absolute Gasteiger partial charge is 0.341 e. The van der Waals surface area contributed by atoms with Crippen LogP contribution in [0.15, 0.2) is 17.1 Å². The average molecular weight is 433 g/mol. The number of fused-ring (bicyclic) bond motifs is 1. The Morgan fingerprint density at radius 2 is 2.03 bits per heavy atom. The molecule has 1 aliphatic heterocycles. The standard InChI is InChI=1S/C22H25F2N3O4/c1-31-21-18-14(20(28)15(22(29)30)9-27(18)13-4-5-13)6-16(23)19(21)26-8-11(17(24)10-26)7-25-12-2-3-12/h6,9,11-13,17,25H,2-5,7-8,10H2,1H3,(H,29,30)/t11-,17+/m0/s1. The first-order chi connectivity index (χ1) is 14.9. The van der Waals surface area contributed by atoms with Crippen molar-refractivity contribution in [2.24, 2.45) is 5.92 Å². The van der Waals surface area contributed by atoms with Gasteiger partial charge in [-0.2, -0.15) is 0 Å². The van der Waals surface area contributed by atoms with E-state index in [0.29, 0.717) is 24.6 Å². The van der Waals surface area contributed by atoms with E-state index >= 15 is 4.39 Å². The van der Waals surface area contributed by atoms with E-state index in [2.05, 4.69) is 5.32 Å². The predicted molar refractivity (Wildman–Crippen MR) is 112 cm³/mol. The maximum absolute atomic E-state index is 15.3. The van der Waals surface area contributed by atoms with E-state index in [1.807, 2.05) is 0 Å². The molecule has 0 radical (unpaired) electrons. The Morgan fingerprint density at radius 1 is 1.29 bits per heavy atom. The van der Waals surface area contributed by atoms with Crippen molar-refractivity contribution in [3.05, 3.63) is 33.9 Å². The monoisotopic (exact) mass is 433 g/mol. The quantitative estimate of drug-likeness (QED) is 0.699. The number of carboxylic acid groups (broad SMARTS) is 1. The van der Waals surface area contributed by atoms with Crippen LogP contribution in [0.4, 0.5) is 14.5 Å². The van der Waals surface area contributed by atoms with E-state index in [0.717, 1.165) is 31.7 Å². The van der Waals surface area contributed by atoms with Gasteiger partial charge in [0.2, 0.25) is 5.43 Å². The average Bonchev–Trinajstić information content (AvgIpc) is 3.65. The van der Waals surface area contributed by atoms with Gasteiger partial charge in [0.25, 0.3) is 0 Å². The van der Waals surface area contributed by atoms with E-state index < -0.39 is 29.0 Å². The van der Waals surface area contributed by atoms with Crippen LogP contribution in [0, 0.1) is 11.7 Å². The van der Waals surface area contributed by atoms with Crippen molar-refractivity contribution in [1.82, 2.24) is 9.88 Å². The second kappa shape index (κ2) is 7.47. The number of pyridine rings is 1. The Balaban J connectivity index is 1.61. The van der Waals surface area contributed by atoms with Gasteiger partial charge in [-0.05, 0) is 31.7 Å². The number of methoxy groups -OCH3 is 1. The van der Waals surface area contributed by atoms with Crippen molar-refractivity contribution < 1.29 is 23.4 Å². The summed E-state index contributed by atoms with van der Waals surface area (Å²) in [6.45, 7) is 0.909. The van der Waals surface area contributed by atoms with E-state index in [1.54, 1.807) is 9.47 Å². The normalized spacial score (nSPS) is 23.5. The summed E-state index contributed by atoms with van der Waals surface area (Å²) in [5, 5.41) is 12.7. The van der Waals surface area contributed by atoms with Crippen LogP contribution in [-0.2, 0) is 0 Å². The fraction of sp³-hybridized carbons (Fsp3) is 0.545. The number of nitrogens with zero attached hydrogens (tertiary/aromatic N) is 2. The second-order valence-electron chi connectivity index (χ2n) is 8.82. The zero-order valence-corrected chi connectivity index (χ0v) is 17.2. The number of hydrogen-bond acceptors (Lipinski definition) is 5. The molecule has 1 aromatic heterocycles. The summed E-state index contributed by atoms with van der Waals surface area (Å²) in [7, 11) is 1.39. The van der Waals surface area contributed by atoms with Crippen LogP contribution in [0.3, 0.4) is 0 Å². The van der Waals surface area contributed by atoms with Gasteiger partial charge in [-0.3, -0.25) is 4.79 Å². The summed E-state index contributed by atoms with van der Waals surface area (Å²) in [6.07, 6.45) is 4.09. The van der Waals surface area contributed by atoms with Crippen molar-refractivity contribution in [2.75, 3.05) is 31.6 Å². The highest BCUT2D eigenvalue weighted by Gasteiger charge is 2.38. The first-order valence-electron chi connectivity index (χ1n) is 10.7. The molecular weight excluding hydrogens is 408 g/mol. The van der Waals surface area contributed by atoms with Gasteiger partial charge in [0.15, 0.2) is 11.6 Å². The fourth-order valence-electron chi connectivity index (χ4n) is 4.54. The number of benzene rings is 1. The molecule has 3 fully saturated rings. The minimum absolute atomic E-state index is 0.0244. The Bertz CT molecular complexity index is 1110. The highest BCUT2D eigenvalue weighted by Crippen LogP contribution is 2.44. The number of aromatic nitrogens is 1. The van der Waals surface area contributed by atoms with Crippen LogP contribution in [-0.4, -0.2) is 54.6 Å². The minimum atomic E-state index is -1.35. The molecule has 0 amide bonds. The first kappa shape index (κ1) is 20.2. The number of alkyl halides is 1. The Hall–Kier alpha value is -2.68. The molecule has 0 unspecified atom stereocenters. The minimum Gasteiger partial charge on any atom is -0.492 e. The molecule has 0 bridgehead atoms. The number of aromatic carboxylic acids is 1. The molecule has 2 atom stereocenters. The summed E-state index contributed by atoms with van der Waals surface area (Å²) < 4.78 is 37.3. The molecular formula is C22H25F2N3O4. The van der Waals surface area contributed by atoms with E-state index in [4.69, 9.17) is 4.74 Å². The van der Waals surface area contributed by atoms with Crippen LogP contribution in [0.1, 0.15) is 42.1 Å². The van der Waals surface area contributed by atoms with Crippen LogP contribution < -0.4 is 20.4 Å². The van der Waals surface area contributed by atoms with Gasteiger partial charge in [0.05, 0.1) is 18.0 Å². The molecule has 1 saturated heterocycles. The van der Waals surface area contributed by atoms with Crippen molar-refractivity contribution in [1.29, 1.82) is 0 Å². The number of carboxylic acids is 1. The molecule has 2 saturated carbocycles. The highest BCUT2D eigenvalue weighted by atomic mass is 19.1. The molecule has 2 N–H and O–H groups in total. The van der Waals surface area contributed by atoms with Gasteiger partial charge in [0.1, 0.15) is 17.4 Å². The van der Waals surface area contributed by atoms with Gasteiger partial charge in [0, 0.05) is 43.8 Å². The Kier molecular flexibility index (Phi) is 4.88. The van der Waals surface area contributed by atoms with E-state index in [1.165, 1.54) is 13.3 Å². The topological polar surface area (TPSA) is 83.8 Å². The molecule has 9 heteroatoms. The van der Waals surface area contributed by atoms with Gasteiger partial charge >= 0.3 is 5.97 Å². The molecule has 2 aliphatic carbocycles. The van der Waals surface area contributed by atoms with Crippen molar-refractivity contribution >= 4 is 22.6 Å².